The van der Waals surface area contributed by atoms with Gasteiger partial charge in [-0.05, 0) is 25.3 Å². The van der Waals surface area contributed by atoms with Gasteiger partial charge in [0.2, 0.25) is 0 Å². The second kappa shape index (κ2) is 5.76. The first-order valence-corrected chi connectivity index (χ1v) is 7.08. The van der Waals surface area contributed by atoms with E-state index in [9.17, 15) is 4.79 Å². The van der Waals surface area contributed by atoms with Crippen LogP contribution in [0.1, 0.15) is 12.1 Å². The van der Waals surface area contributed by atoms with Gasteiger partial charge in [0.05, 0.1) is 12.3 Å². The van der Waals surface area contributed by atoms with Crippen LogP contribution in [0, 0.1) is 12.8 Å². The van der Waals surface area contributed by atoms with E-state index in [0.717, 1.165) is 38.4 Å². The molecule has 6 heteroatoms. The summed E-state index contributed by atoms with van der Waals surface area (Å²) in [6.07, 6.45) is 4.75. The highest BCUT2D eigenvalue weighted by Gasteiger charge is 2.14. The number of hydrogen-bond acceptors (Lipinski definition) is 4. The molecule has 2 aromatic rings. The zero-order valence-electron chi connectivity index (χ0n) is 11.7. The molecule has 0 spiro atoms. The first kappa shape index (κ1) is 13.3. The van der Waals surface area contributed by atoms with Crippen molar-refractivity contribution in [2.45, 2.75) is 19.9 Å². The Kier molecular flexibility index (Phi) is 3.84. The Balaban J connectivity index is 1.59. The van der Waals surface area contributed by atoms with Gasteiger partial charge in [-0.25, -0.2) is 4.52 Å². The number of rotatable bonds is 5. The monoisotopic (exact) mass is 276 g/mol. The summed E-state index contributed by atoms with van der Waals surface area (Å²) in [5.41, 5.74) is 1.51. The van der Waals surface area contributed by atoms with Crippen molar-refractivity contribution in [1.29, 1.82) is 0 Å². The van der Waals surface area contributed by atoms with E-state index >= 15 is 0 Å². The average Bonchev–Trinajstić information content (AvgIpc) is 3.06. The Hall–Kier alpha value is -1.66. The number of ether oxygens (including phenoxy) is 1. The molecule has 0 radical (unpaired) electrons. The summed E-state index contributed by atoms with van der Waals surface area (Å²) in [5, 5.41) is 7.63. The minimum atomic E-state index is 0.0131. The molecule has 2 aromatic heterocycles. The third-order valence-corrected chi connectivity index (χ3v) is 3.71. The van der Waals surface area contributed by atoms with Crippen LogP contribution in [0.5, 0.6) is 0 Å². The van der Waals surface area contributed by atoms with E-state index in [2.05, 4.69) is 10.4 Å². The Morgan fingerprint density at radius 3 is 3.20 bits per heavy atom. The second-order valence-corrected chi connectivity index (χ2v) is 5.35. The highest BCUT2D eigenvalue weighted by molar-refractivity contribution is 5.44. The Morgan fingerprint density at radius 2 is 2.40 bits per heavy atom. The molecule has 0 bridgehead atoms. The normalized spacial score (nSPS) is 18.9. The first-order chi connectivity index (χ1) is 9.74. The van der Waals surface area contributed by atoms with Gasteiger partial charge in [0.15, 0.2) is 0 Å². The lowest BCUT2D eigenvalue weighted by Gasteiger charge is -2.10. The number of nitrogens with one attached hydrogen (secondary N) is 1. The van der Waals surface area contributed by atoms with Crippen LogP contribution >= 0.6 is 0 Å². The van der Waals surface area contributed by atoms with Gasteiger partial charge < -0.3 is 14.6 Å². The molecule has 1 atom stereocenters. The SMILES string of the molecule is Cc1cc2c(=O)n(CCNCC3CCOC3)ccn2n1. The van der Waals surface area contributed by atoms with Crippen LogP contribution in [0.2, 0.25) is 0 Å². The van der Waals surface area contributed by atoms with Crippen LogP contribution in [-0.4, -0.2) is 40.5 Å². The molecule has 0 saturated carbocycles. The van der Waals surface area contributed by atoms with E-state index in [1.54, 1.807) is 15.3 Å². The lowest BCUT2D eigenvalue weighted by molar-refractivity contribution is 0.185. The molecule has 3 rings (SSSR count). The van der Waals surface area contributed by atoms with Crippen LogP contribution in [0.15, 0.2) is 23.3 Å². The quantitative estimate of drug-likeness (QED) is 0.805. The number of fused-ring (bicyclic) bond motifs is 1. The van der Waals surface area contributed by atoms with Gasteiger partial charge in [-0.3, -0.25) is 4.79 Å². The molecule has 1 N–H and O–H groups in total. The molecule has 0 aromatic carbocycles. The van der Waals surface area contributed by atoms with Crippen LogP contribution in [0.4, 0.5) is 0 Å². The molecule has 1 fully saturated rings. The molecule has 1 aliphatic heterocycles. The highest BCUT2D eigenvalue weighted by atomic mass is 16.5. The Morgan fingerprint density at radius 1 is 1.50 bits per heavy atom. The van der Waals surface area contributed by atoms with E-state index in [1.807, 2.05) is 19.2 Å². The van der Waals surface area contributed by atoms with Crippen molar-refractivity contribution < 1.29 is 4.74 Å². The van der Waals surface area contributed by atoms with Crippen LogP contribution in [-0.2, 0) is 11.3 Å². The third kappa shape index (κ3) is 2.76. The topological polar surface area (TPSA) is 60.6 Å². The fourth-order valence-electron chi connectivity index (χ4n) is 2.57. The largest absolute Gasteiger partial charge is 0.381 e. The zero-order chi connectivity index (χ0) is 13.9. The van der Waals surface area contributed by atoms with Crippen LogP contribution in [0.25, 0.3) is 5.52 Å². The fraction of sp³-hybridized carbons (Fsp3) is 0.571. The lowest BCUT2D eigenvalue weighted by Crippen LogP contribution is -2.30. The van der Waals surface area contributed by atoms with Crippen LogP contribution in [0.3, 0.4) is 0 Å². The molecule has 0 amide bonds. The number of nitrogens with zero attached hydrogens (tertiary/aromatic N) is 3. The summed E-state index contributed by atoms with van der Waals surface area (Å²) in [5.74, 6) is 0.617. The Bertz CT molecular complexity index is 640. The van der Waals surface area contributed by atoms with Gasteiger partial charge in [0.1, 0.15) is 5.52 Å². The molecule has 3 heterocycles. The summed E-state index contributed by atoms with van der Waals surface area (Å²) < 4.78 is 8.70. The van der Waals surface area contributed by atoms with Crippen molar-refractivity contribution in [3.8, 4) is 0 Å². The second-order valence-electron chi connectivity index (χ2n) is 5.35. The van der Waals surface area contributed by atoms with Crippen molar-refractivity contribution in [3.05, 3.63) is 34.5 Å². The van der Waals surface area contributed by atoms with Crippen molar-refractivity contribution in [2.24, 2.45) is 5.92 Å². The van der Waals surface area contributed by atoms with Crippen molar-refractivity contribution in [2.75, 3.05) is 26.3 Å². The van der Waals surface area contributed by atoms with E-state index < -0.39 is 0 Å². The number of aromatic nitrogens is 3. The third-order valence-electron chi connectivity index (χ3n) is 3.71. The molecule has 20 heavy (non-hydrogen) atoms. The van der Waals surface area contributed by atoms with E-state index in [-0.39, 0.29) is 5.56 Å². The van der Waals surface area contributed by atoms with E-state index in [4.69, 9.17) is 4.74 Å². The molecule has 6 nitrogen and oxygen atoms in total. The minimum Gasteiger partial charge on any atom is -0.381 e. The molecule has 0 aliphatic carbocycles. The smallest absolute Gasteiger partial charge is 0.276 e. The molecule has 108 valence electrons. The molecular formula is C14H20N4O2. The zero-order valence-corrected chi connectivity index (χ0v) is 11.7. The predicted octanol–water partition coefficient (Wildman–Crippen LogP) is 0.431. The maximum Gasteiger partial charge on any atom is 0.276 e. The summed E-state index contributed by atoms with van der Waals surface area (Å²) in [6, 6.07) is 1.82. The van der Waals surface area contributed by atoms with Gasteiger partial charge in [-0.15, -0.1) is 0 Å². The standard InChI is InChI=1S/C14H20N4O2/c1-11-8-13-14(19)17(5-6-18(13)16-11)4-3-15-9-12-2-7-20-10-12/h5-6,8,12,15H,2-4,7,9-10H2,1H3. The van der Waals surface area contributed by atoms with E-state index in [1.165, 1.54) is 0 Å². The summed E-state index contributed by atoms with van der Waals surface area (Å²) in [6.45, 7) is 6.05. The van der Waals surface area contributed by atoms with Crippen molar-refractivity contribution in [3.63, 3.8) is 0 Å². The number of hydrogen-bond donors (Lipinski definition) is 1. The number of aryl methyl sites for hydroxylation is 1. The van der Waals surface area contributed by atoms with Gasteiger partial charge in [0.25, 0.3) is 5.56 Å². The molecule has 1 unspecified atom stereocenters. The fourth-order valence-corrected chi connectivity index (χ4v) is 2.57. The predicted molar refractivity (Wildman–Crippen MR) is 76.0 cm³/mol. The molecule has 1 saturated heterocycles. The summed E-state index contributed by atoms with van der Waals surface area (Å²) in [7, 11) is 0. The summed E-state index contributed by atoms with van der Waals surface area (Å²) in [4.78, 5) is 12.2. The van der Waals surface area contributed by atoms with Crippen molar-refractivity contribution >= 4 is 5.52 Å². The van der Waals surface area contributed by atoms with Gasteiger partial charge in [0, 0.05) is 38.6 Å². The summed E-state index contributed by atoms with van der Waals surface area (Å²) >= 11 is 0. The van der Waals surface area contributed by atoms with Crippen molar-refractivity contribution in [1.82, 2.24) is 19.5 Å². The van der Waals surface area contributed by atoms with Gasteiger partial charge >= 0.3 is 0 Å². The first-order valence-electron chi connectivity index (χ1n) is 7.08. The van der Waals surface area contributed by atoms with Crippen LogP contribution < -0.4 is 10.9 Å². The molecular weight excluding hydrogens is 256 g/mol. The van der Waals surface area contributed by atoms with Gasteiger partial charge in [-0.2, -0.15) is 5.10 Å². The molecule has 1 aliphatic rings. The van der Waals surface area contributed by atoms with E-state index in [0.29, 0.717) is 18.0 Å². The maximum absolute atomic E-state index is 12.2. The lowest BCUT2D eigenvalue weighted by atomic mass is 10.1. The minimum absolute atomic E-state index is 0.0131. The average molecular weight is 276 g/mol. The van der Waals surface area contributed by atoms with Gasteiger partial charge in [-0.1, -0.05) is 0 Å². The Labute approximate surface area is 117 Å². The highest BCUT2D eigenvalue weighted by Crippen LogP contribution is 2.10. The maximum atomic E-state index is 12.2.